The third-order valence-electron chi connectivity index (χ3n) is 4.51. The van der Waals surface area contributed by atoms with Gasteiger partial charge in [0.05, 0.1) is 13.2 Å². The number of nitrogens with one attached hydrogen (secondary N) is 1. The monoisotopic (exact) mass is 290 g/mol. The fraction of sp³-hybridized carbons (Fsp3) is 0.588. The van der Waals surface area contributed by atoms with Crippen molar-refractivity contribution >= 4 is 5.91 Å². The highest BCUT2D eigenvalue weighted by Crippen LogP contribution is 2.32. The second-order valence-electron chi connectivity index (χ2n) is 6.01. The van der Waals surface area contributed by atoms with Gasteiger partial charge in [0.15, 0.2) is 0 Å². The van der Waals surface area contributed by atoms with Crippen LogP contribution in [0.2, 0.25) is 0 Å². The number of nitrogens with two attached hydrogens (primary N) is 1. The Morgan fingerprint density at radius 3 is 2.90 bits per heavy atom. The average Bonchev–Trinajstić information content (AvgIpc) is 2.95. The molecular formula is C17H26N2O2. The minimum absolute atomic E-state index is 0.0632. The number of benzene rings is 1. The predicted molar refractivity (Wildman–Crippen MR) is 84.2 cm³/mol. The van der Waals surface area contributed by atoms with Crippen LogP contribution in [-0.2, 0) is 4.79 Å². The number of methoxy groups -OCH3 is 1. The van der Waals surface area contributed by atoms with E-state index in [-0.39, 0.29) is 17.9 Å². The molecule has 21 heavy (non-hydrogen) atoms. The first-order valence-corrected chi connectivity index (χ1v) is 7.71. The van der Waals surface area contributed by atoms with Crippen molar-refractivity contribution < 1.29 is 9.53 Å². The second kappa shape index (κ2) is 6.94. The van der Waals surface area contributed by atoms with E-state index in [1.54, 1.807) is 7.11 Å². The fourth-order valence-electron chi connectivity index (χ4n) is 3.25. The molecule has 1 aromatic rings. The Balaban J connectivity index is 2.09. The summed E-state index contributed by atoms with van der Waals surface area (Å²) in [7, 11) is 1.66. The van der Waals surface area contributed by atoms with Gasteiger partial charge in [-0.1, -0.05) is 24.1 Å². The van der Waals surface area contributed by atoms with Crippen LogP contribution in [0.1, 0.15) is 43.4 Å². The van der Waals surface area contributed by atoms with E-state index < -0.39 is 0 Å². The quantitative estimate of drug-likeness (QED) is 0.876. The van der Waals surface area contributed by atoms with Crippen LogP contribution in [0.25, 0.3) is 0 Å². The number of carbonyl (C=O) groups excluding carboxylic acids is 1. The lowest BCUT2D eigenvalue weighted by Gasteiger charge is -2.22. The Morgan fingerprint density at radius 2 is 2.24 bits per heavy atom. The van der Waals surface area contributed by atoms with Crippen LogP contribution in [0.4, 0.5) is 0 Å². The molecule has 0 spiro atoms. The first kappa shape index (κ1) is 15.8. The van der Waals surface area contributed by atoms with Crippen LogP contribution in [0.5, 0.6) is 5.75 Å². The zero-order valence-electron chi connectivity index (χ0n) is 13.2. The molecule has 116 valence electrons. The van der Waals surface area contributed by atoms with Crippen molar-refractivity contribution in [1.82, 2.24) is 5.32 Å². The lowest BCUT2D eigenvalue weighted by atomic mass is 9.94. The number of carbonyl (C=O) groups is 1. The van der Waals surface area contributed by atoms with Crippen LogP contribution in [0, 0.1) is 18.8 Å². The predicted octanol–water partition coefficient (Wildman–Crippen LogP) is 2.56. The number of hydrogen-bond donors (Lipinski definition) is 2. The van der Waals surface area contributed by atoms with Crippen LogP contribution < -0.4 is 15.8 Å². The first-order chi connectivity index (χ1) is 10.1. The molecule has 1 amide bonds. The van der Waals surface area contributed by atoms with Crippen molar-refractivity contribution in [2.45, 2.75) is 39.2 Å². The van der Waals surface area contributed by atoms with Crippen LogP contribution in [0.3, 0.4) is 0 Å². The molecule has 0 saturated heterocycles. The lowest BCUT2D eigenvalue weighted by molar-refractivity contribution is -0.126. The third-order valence-corrected chi connectivity index (χ3v) is 4.51. The van der Waals surface area contributed by atoms with E-state index in [9.17, 15) is 4.79 Å². The molecule has 1 aliphatic carbocycles. The van der Waals surface area contributed by atoms with E-state index in [0.717, 1.165) is 36.1 Å². The number of ether oxygens (including phenoxy) is 1. The summed E-state index contributed by atoms with van der Waals surface area (Å²) in [4.78, 5) is 12.5. The van der Waals surface area contributed by atoms with Crippen molar-refractivity contribution in [2.24, 2.45) is 17.6 Å². The standard InChI is InChI=1S/C17H26N2O2/c1-11-7-8-16(21-3)15(9-11)12(2)19-17(20)14-6-4-5-13(14)10-18/h7-9,12-14H,4-6,10,18H2,1-3H3,(H,19,20). The molecule has 0 heterocycles. The molecule has 1 aliphatic rings. The maximum absolute atomic E-state index is 12.5. The van der Waals surface area contributed by atoms with Crippen LogP contribution in [0.15, 0.2) is 18.2 Å². The molecule has 0 aliphatic heterocycles. The summed E-state index contributed by atoms with van der Waals surface area (Å²) in [6, 6.07) is 5.97. The van der Waals surface area contributed by atoms with E-state index in [1.807, 2.05) is 26.0 Å². The highest BCUT2D eigenvalue weighted by atomic mass is 16.5. The van der Waals surface area contributed by atoms with Gasteiger partial charge in [-0.3, -0.25) is 4.79 Å². The summed E-state index contributed by atoms with van der Waals surface area (Å²) >= 11 is 0. The Morgan fingerprint density at radius 1 is 1.48 bits per heavy atom. The molecule has 1 aromatic carbocycles. The molecule has 1 fully saturated rings. The van der Waals surface area contributed by atoms with Gasteiger partial charge in [-0.15, -0.1) is 0 Å². The normalized spacial score (nSPS) is 22.9. The van der Waals surface area contributed by atoms with Gasteiger partial charge in [-0.05, 0) is 45.2 Å². The number of rotatable bonds is 5. The van der Waals surface area contributed by atoms with Gasteiger partial charge >= 0.3 is 0 Å². The third kappa shape index (κ3) is 3.56. The Labute approximate surface area is 127 Å². The van der Waals surface area contributed by atoms with Crippen molar-refractivity contribution in [1.29, 1.82) is 0 Å². The maximum Gasteiger partial charge on any atom is 0.223 e. The smallest absolute Gasteiger partial charge is 0.223 e. The van der Waals surface area contributed by atoms with Gasteiger partial charge < -0.3 is 15.8 Å². The van der Waals surface area contributed by atoms with Gasteiger partial charge in [-0.2, -0.15) is 0 Å². The Hall–Kier alpha value is -1.55. The van der Waals surface area contributed by atoms with E-state index in [0.29, 0.717) is 12.5 Å². The van der Waals surface area contributed by atoms with Crippen LogP contribution in [-0.4, -0.2) is 19.6 Å². The highest BCUT2D eigenvalue weighted by molar-refractivity contribution is 5.79. The van der Waals surface area contributed by atoms with Crippen molar-refractivity contribution in [3.05, 3.63) is 29.3 Å². The molecule has 3 N–H and O–H groups in total. The van der Waals surface area contributed by atoms with Crippen molar-refractivity contribution in [3.63, 3.8) is 0 Å². The summed E-state index contributed by atoms with van der Waals surface area (Å²) in [5.74, 6) is 1.33. The van der Waals surface area contributed by atoms with Crippen molar-refractivity contribution in [2.75, 3.05) is 13.7 Å². The van der Waals surface area contributed by atoms with Gasteiger partial charge in [0.2, 0.25) is 5.91 Å². The molecule has 0 aromatic heterocycles. The topological polar surface area (TPSA) is 64.3 Å². The molecule has 1 saturated carbocycles. The Kier molecular flexibility index (Phi) is 5.23. The molecular weight excluding hydrogens is 264 g/mol. The molecule has 2 rings (SSSR count). The van der Waals surface area contributed by atoms with E-state index >= 15 is 0 Å². The molecule has 3 atom stereocenters. The van der Waals surface area contributed by atoms with Crippen molar-refractivity contribution in [3.8, 4) is 5.75 Å². The second-order valence-corrected chi connectivity index (χ2v) is 6.01. The van der Waals surface area contributed by atoms with E-state index in [1.165, 1.54) is 0 Å². The van der Waals surface area contributed by atoms with Gasteiger partial charge in [0, 0.05) is 11.5 Å². The number of aryl methyl sites for hydroxylation is 1. The van der Waals surface area contributed by atoms with E-state index in [2.05, 4.69) is 11.4 Å². The highest BCUT2D eigenvalue weighted by Gasteiger charge is 2.32. The lowest BCUT2D eigenvalue weighted by Crippen LogP contribution is -2.36. The maximum atomic E-state index is 12.5. The number of amides is 1. The summed E-state index contributed by atoms with van der Waals surface area (Å²) in [5.41, 5.74) is 7.95. The van der Waals surface area contributed by atoms with Gasteiger partial charge in [0.25, 0.3) is 0 Å². The molecule has 3 unspecified atom stereocenters. The zero-order chi connectivity index (χ0) is 15.4. The SMILES string of the molecule is COc1ccc(C)cc1C(C)NC(=O)C1CCCC1CN. The summed E-state index contributed by atoms with van der Waals surface area (Å²) in [5, 5.41) is 3.13. The molecule has 4 heteroatoms. The summed E-state index contributed by atoms with van der Waals surface area (Å²) < 4.78 is 5.40. The summed E-state index contributed by atoms with van der Waals surface area (Å²) in [6.07, 6.45) is 3.12. The molecule has 4 nitrogen and oxygen atoms in total. The van der Waals surface area contributed by atoms with Gasteiger partial charge in [0.1, 0.15) is 5.75 Å². The average molecular weight is 290 g/mol. The molecule has 0 radical (unpaired) electrons. The first-order valence-electron chi connectivity index (χ1n) is 7.71. The zero-order valence-corrected chi connectivity index (χ0v) is 13.2. The minimum Gasteiger partial charge on any atom is -0.496 e. The summed E-state index contributed by atoms with van der Waals surface area (Å²) in [6.45, 7) is 4.64. The van der Waals surface area contributed by atoms with Crippen LogP contribution >= 0.6 is 0 Å². The van der Waals surface area contributed by atoms with E-state index in [4.69, 9.17) is 10.5 Å². The Bertz CT molecular complexity index is 502. The fourth-order valence-corrected chi connectivity index (χ4v) is 3.25. The van der Waals surface area contributed by atoms with Gasteiger partial charge in [-0.25, -0.2) is 0 Å². The molecule has 0 bridgehead atoms. The number of hydrogen-bond acceptors (Lipinski definition) is 3. The largest absolute Gasteiger partial charge is 0.496 e. The minimum atomic E-state index is -0.0635.